The van der Waals surface area contributed by atoms with E-state index in [1.807, 2.05) is 31.2 Å². The number of carbonyl (C=O) groups excluding carboxylic acids is 2. The summed E-state index contributed by atoms with van der Waals surface area (Å²) in [6.45, 7) is 3.69. The molecule has 0 aliphatic carbocycles. The van der Waals surface area contributed by atoms with E-state index in [1.54, 1.807) is 31.2 Å². The van der Waals surface area contributed by atoms with Gasteiger partial charge in [0.1, 0.15) is 17.1 Å². The molecule has 0 spiro atoms. The zero-order chi connectivity index (χ0) is 17.1. The average Bonchev–Trinajstić information content (AvgIpc) is 3.00. The van der Waals surface area contributed by atoms with E-state index >= 15 is 0 Å². The van der Waals surface area contributed by atoms with Gasteiger partial charge in [0.2, 0.25) is 0 Å². The highest BCUT2D eigenvalue weighted by Gasteiger charge is 2.20. The first-order valence-electron chi connectivity index (χ1n) is 7.99. The highest BCUT2D eigenvalue weighted by atomic mass is 16.5. The topological polar surface area (TPSA) is 56.5 Å². The van der Waals surface area contributed by atoms with Crippen LogP contribution in [0, 0.1) is 0 Å². The normalized spacial score (nSPS) is 10.8. The van der Waals surface area contributed by atoms with Crippen molar-refractivity contribution in [2.45, 2.75) is 26.7 Å². The molecule has 0 saturated heterocycles. The molecule has 0 N–H and O–H groups in total. The lowest BCUT2D eigenvalue weighted by molar-refractivity contribution is -0.134. The number of aryl methyl sites for hydroxylation is 1. The Hall–Kier alpha value is -2.88. The molecule has 1 aromatic heterocycles. The second-order valence-corrected chi connectivity index (χ2v) is 5.43. The van der Waals surface area contributed by atoms with Crippen LogP contribution in [-0.4, -0.2) is 11.8 Å². The van der Waals surface area contributed by atoms with E-state index in [4.69, 9.17) is 9.15 Å². The van der Waals surface area contributed by atoms with Crippen molar-refractivity contribution in [1.29, 1.82) is 0 Å². The van der Waals surface area contributed by atoms with E-state index < -0.39 is 0 Å². The fourth-order valence-corrected chi connectivity index (χ4v) is 2.62. The van der Waals surface area contributed by atoms with E-state index in [0.29, 0.717) is 41.1 Å². The Morgan fingerprint density at radius 1 is 1.00 bits per heavy atom. The van der Waals surface area contributed by atoms with Crippen molar-refractivity contribution in [3.63, 3.8) is 0 Å². The number of rotatable bonds is 5. The molecule has 0 aliphatic heterocycles. The first-order valence-corrected chi connectivity index (χ1v) is 7.99. The van der Waals surface area contributed by atoms with Crippen molar-refractivity contribution in [1.82, 2.24) is 0 Å². The third-order valence-corrected chi connectivity index (χ3v) is 3.85. The third-order valence-electron chi connectivity index (χ3n) is 3.85. The number of ether oxygens (including phenoxy) is 1. The molecule has 4 nitrogen and oxygen atoms in total. The van der Waals surface area contributed by atoms with Crippen molar-refractivity contribution in [3.8, 4) is 5.75 Å². The van der Waals surface area contributed by atoms with Crippen molar-refractivity contribution >= 4 is 22.7 Å². The number of esters is 1. The van der Waals surface area contributed by atoms with Gasteiger partial charge in [0.15, 0.2) is 5.78 Å². The number of hydrogen-bond acceptors (Lipinski definition) is 4. The summed E-state index contributed by atoms with van der Waals surface area (Å²) in [5.41, 5.74) is 1.85. The summed E-state index contributed by atoms with van der Waals surface area (Å²) in [7, 11) is 0. The number of ketones is 1. The maximum atomic E-state index is 12.9. The zero-order valence-electron chi connectivity index (χ0n) is 13.7. The number of para-hydroxylation sites is 1. The molecule has 4 heteroatoms. The van der Waals surface area contributed by atoms with Gasteiger partial charge in [0.05, 0.1) is 5.56 Å². The first kappa shape index (κ1) is 16.0. The summed E-state index contributed by atoms with van der Waals surface area (Å²) in [6.07, 6.45) is 0.948. The van der Waals surface area contributed by atoms with Crippen molar-refractivity contribution in [2.75, 3.05) is 0 Å². The van der Waals surface area contributed by atoms with Gasteiger partial charge < -0.3 is 9.15 Å². The highest BCUT2D eigenvalue weighted by Crippen LogP contribution is 2.29. The van der Waals surface area contributed by atoms with Gasteiger partial charge in [0.25, 0.3) is 0 Å². The fourth-order valence-electron chi connectivity index (χ4n) is 2.62. The molecule has 0 saturated carbocycles. The number of benzene rings is 2. The molecule has 0 atom stereocenters. The summed E-state index contributed by atoms with van der Waals surface area (Å²) in [6, 6.07) is 14.1. The van der Waals surface area contributed by atoms with Gasteiger partial charge in [-0.05, 0) is 30.3 Å². The van der Waals surface area contributed by atoms with Crippen LogP contribution in [0.15, 0.2) is 52.9 Å². The number of hydrogen-bond donors (Lipinski definition) is 0. The van der Waals surface area contributed by atoms with Crippen molar-refractivity contribution in [2.24, 2.45) is 0 Å². The van der Waals surface area contributed by atoms with Crippen LogP contribution < -0.4 is 4.74 Å². The molecule has 3 rings (SSSR count). The van der Waals surface area contributed by atoms with E-state index in [9.17, 15) is 9.59 Å². The standard InChI is InChI=1S/C20H18O4/c1-3-16-19(15-7-5-6-8-17(15)24-16)20(22)13-9-11-14(12-10-13)23-18(21)4-2/h5-12H,3-4H2,1-2H3. The van der Waals surface area contributed by atoms with Crippen LogP contribution in [-0.2, 0) is 11.2 Å². The van der Waals surface area contributed by atoms with Crippen LogP contribution in [0.4, 0.5) is 0 Å². The summed E-state index contributed by atoms with van der Waals surface area (Å²) < 4.78 is 10.9. The molecule has 0 bridgehead atoms. The molecule has 0 amide bonds. The SMILES string of the molecule is CCC(=O)Oc1ccc(C(=O)c2c(CC)oc3ccccc23)cc1. The van der Waals surface area contributed by atoms with Crippen molar-refractivity contribution in [3.05, 3.63) is 65.4 Å². The van der Waals surface area contributed by atoms with Crippen LogP contribution >= 0.6 is 0 Å². The van der Waals surface area contributed by atoms with Gasteiger partial charge in [-0.15, -0.1) is 0 Å². The van der Waals surface area contributed by atoms with Crippen LogP contribution in [0.3, 0.4) is 0 Å². The summed E-state index contributed by atoms with van der Waals surface area (Å²) in [5, 5.41) is 0.820. The molecule has 24 heavy (non-hydrogen) atoms. The minimum atomic E-state index is -0.303. The molecule has 2 aromatic carbocycles. The maximum absolute atomic E-state index is 12.9. The number of fused-ring (bicyclic) bond motifs is 1. The third kappa shape index (κ3) is 2.95. The van der Waals surface area contributed by atoms with Gasteiger partial charge in [-0.25, -0.2) is 0 Å². The van der Waals surface area contributed by atoms with Gasteiger partial charge in [-0.2, -0.15) is 0 Å². The first-order chi connectivity index (χ1) is 11.6. The predicted octanol–water partition coefficient (Wildman–Crippen LogP) is 4.54. The van der Waals surface area contributed by atoms with Crippen LogP contribution in [0.25, 0.3) is 11.0 Å². The summed E-state index contributed by atoms with van der Waals surface area (Å²) in [4.78, 5) is 24.2. The fraction of sp³-hybridized carbons (Fsp3) is 0.200. The predicted molar refractivity (Wildman–Crippen MR) is 91.4 cm³/mol. The second kappa shape index (κ2) is 6.71. The minimum absolute atomic E-state index is 0.0924. The maximum Gasteiger partial charge on any atom is 0.310 e. The van der Waals surface area contributed by atoms with Gasteiger partial charge in [-0.3, -0.25) is 9.59 Å². The lowest BCUT2D eigenvalue weighted by Crippen LogP contribution is -2.06. The molecule has 122 valence electrons. The van der Waals surface area contributed by atoms with E-state index in [-0.39, 0.29) is 11.8 Å². The smallest absolute Gasteiger partial charge is 0.310 e. The highest BCUT2D eigenvalue weighted by molar-refractivity contribution is 6.16. The van der Waals surface area contributed by atoms with E-state index in [0.717, 1.165) is 5.39 Å². The molecular formula is C20H18O4. The van der Waals surface area contributed by atoms with Crippen molar-refractivity contribution < 1.29 is 18.7 Å². The van der Waals surface area contributed by atoms with E-state index in [1.165, 1.54) is 0 Å². The van der Waals surface area contributed by atoms with E-state index in [2.05, 4.69) is 0 Å². The molecule has 1 heterocycles. The Morgan fingerprint density at radius 2 is 1.71 bits per heavy atom. The largest absolute Gasteiger partial charge is 0.460 e. The zero-order valence-corrected chi connectivity index (χ0v) is 13.7. The van der Waals surface area contributed by atoms with Gasteiger partial charge >= 0.3 is 5.97 Å². The number of carbonyl (C=O) groups is 2. The Morgan fingerprint density at radius 3 is 2.38 bits per heavy atom. The lowest BCUT2D eigenvalue weighted by atomic mass is 9.99. The Labute approximate surface area is 140 Å². The monoisotopic (exact) mass is 322 g/mol. The van der Waals surface area contributed by atoms with Crippen LogP contribution in [0.5, 0.6) is 5.75 Å². The molecule has 3 aromatic rings. The molecule has 0 radical (unpaired) electrons. The Kier molecular flexibility index (Phi) is 4.47. The summed E-state index contributed by atoms with van der Waals surface area (Å²) >= 11 is 0. The summed E-state index contributed by atoms with van der Waals surface area (Å²) in [5.74, 6) is 0.724. The van der Waals surface area contributed by atoms with Crippen LogP contribution in [0.2, 0.25) is 0 Å². The molecule has 0 aliphatic rings. The van der Waals surface area contributed by atoms with Gasteiger partial charge in [0, 0.05) is 23.8 Å². The molecule has 0 fully saturated rings. The Balaban J connectivity index is 1.96. The minimum Gasteiger partial charge on any atom is -0.460 e. The van der Waals surface area contributed by atoms with Crippen LogP contribution in [0.1, 0.15) is 41.9 Å². The average molecular weight is 322 g/mol. The lowest BCUT2D eigenvalue weighted by Gasteiger charge is -2.05. The number of furan rings is 1. The Bertz CT molecular complexity index is 888. The second-order valence-electron chi connectivity index (χ2n) is 5.43. The quantitative estimate of drug-likeness (QED) is 0.393. The molecule has 0 unspecified atom stereocenters. The van der Waals surface area contributed by atoms with Gasteiger partial charge in [-0.1, -0.05) is 32.0 Å². The molecular weight excluding hydrogens is 304 g/mol.